The third kappa shape index (κ3) is 5.71. The lowest BCUT2D eigenvalue weighted by molar-refractivity contribution is 0.110. The molecule has 146 valence electrons. The van der Waals surface area contributed by atoms with Crippen molar-refractivity contribution in [2.75, 3.05) is 19.8 Å². The van der Waals surface area contributed by atoms with E-state index in [1.54, 1.807) is 0 Å². The molecule has 1 aliphatic rings. The van der Waals surface area contributed by atoms with Crippen molar-refractivity contribution >= 4 is 15.9 Å². The van der Waals surface area contributed by atoms with E-state index in [9.17, 15) is 0 Å². The van der Waals surface area contributed by atoms with Gasteiger partial charge < -0.3 is 19.5 Å². The minimum absolute atomic E-state index is 0.344. The van der Waals surface area contributed by atoms with Gasteiger partial charge in [0.1, 0.15) is 6.61 Å². The summed E-state index contributed by atoms with van der Waals surface area (Å²) in [6.45, 7) is 7.74. The van der Waals surface area contributed by atoms with Gasteiger partial charge in [0.25, 0.3) is 0 Å². The molecule has 1 N–H and O–H groups in total. The minimum Gasteiger partial charge on any atom is -0.490 e. The molecule has 4 nitrogen and oxygen atoms in total. The van der Waals surface area contributed by atoms with Crippen LogP contribution in [0.15, 0.2) is 40.9 Å². The van der Waals surface area contributed by atoms with Crippen molar-refractivity contribution in [2.45, 2.75) is 45.9 Å². The van der Waals surface area contributed by atoms with Gasteiger partial charge in [-0.3, -0.25) is 0 Å². The van der Waals surface area contributed by atoms with Gasteiger partial charge in [0.15, 0.2) is 11.5 Å². The summed E-state index contributed by atoms with van der Waals surface area (Å²) in [6.07, 6.45) is 2.66. The molecule has 3 rings (SSSR count). The number of ether oxygens (including phenoxy) is 3. The molecular formula is C22H28BrNO3. The molecule has 1 saturated heterocycles. The van der Waals surface area contributed by atoms with E-state index in [0.29, 0.717) is 19.3 Å². The predicted octanol–water partition coefficient (Wildman–Crippen LogP) is 5.00. The molecule has 2 aromatic rings. The fourth-order valence-corrected chi connectivity index (χ4v) is 3.84. The van der Waals surface area contributed by atoms with E-state index in [0.717, 1.165) is 47.7 Å². The highest BCUT2D eigenvalue weighted by Crippen LogP contribution is 2.37. The molecule has 0 saturated carbocycles. The van der Waals surface area contributed by atoms with Gasteiger partial charge in [-0.25, -0.2) is 0 Å². The number of aryl methyl sites for hydroxylation is 1. The zero-order valence-corrected chi connectivity index (χ0v) is 17.7. The molecule has 0 radical (unpaired) electrons. The van der Waals surface area contributed by atoms with Crippen molar-refractivity contribution in [2.24, 2.45) is 0 Å². The van der Waals surface area contributed by atoms with Crippen LogP contribution in [0.5, 0.6) is 11.5 Å². The smallest absolute Gasteiger partial charge is 0.175 e. The summed E-state index contributed by atoms with van der Waals surface area (Å²) in [5, 5.41) is 3.48. The molecular weight excluding hydrogens is 406 g/mol. The standard InChI is InChI=1S/C22H28BrNO3/c1-3-25-21-12-17(13-24-14-19-9-6-10-26-19)11-20(23)22(21)27-15-18-8-5-4-7-16(18)2/h4-5,7-8,11-12,19,24H,3,6,9-10,13-15H2,1-2H3/t19-/m0/s1. The van der Waals surface area contributed by atoms with E-state index >= 15 is 0 Å². The lowest BCUT2D eigenvalue weighted by Crippen LogP contribution is -2.25. The number of hydrogen-bond donors (Lipinski definition) is 1. The second-order valence-electron chi connectivity index (χ2n) is 6.82. The van der Waals surface area contributed by atoms with Crippen LogP contribution < -0.4 is 14.8 Å². The fourth-order valence-electron chi connectivity index (χ4n) is 3.23. The van der Waals surface area contributed by atoms with Crippen LogP contribution in [0.25, 0.3) is 0 Å². The Labute approximate surface area is 170 Å². The van der Waals surface area contributed by atoms with E-state index in [1.807, 2.05) is 19.1 Å². The predicted molar refractivity (Wildman–Crippen MR) is 112 cm³/mol. The van der Waals surface area contributed by atoms with Crippen LogP contribution in [0.1, 0.15) is 36.5 Å². The number of nitrogens with one attached hydrogen (secondary N) is 1. The van der Waals surface area contributed by atoms with Crippen molar-refractivity contribution < 1.29 is 14.2 Å². The van der Waals surface area contributed by atoms with E-state index in [4.69, 9.17) is 14.2 Å². The van der Waals surface area contributed by atoms with Gasteiger partial charge in [-0.2, -0.15) is 0 Å². The fraction of sp³-hybridized carbons (Fsp3) is 0.455. The molecule has 1 aliphatic heterocycles. The Morgan fingerprint density at radius 2 is 2.07 bits per heavy atom. The monoisotopic (exact) mass is 433 g/mol. The lowest BCUT2D eigenvalue weighted by Gasteiger charge is -2.17. The van der Waals surface area contributed by atoms with Gasteiger partial charge in [-0.15, -0.1) is 0 Å². The highest BCUT2D eigenvalue weighted by molar-refractivity contribution is 9.10. The van der Waals surface area contributed by atoms with Gasteiger partial charge in [-0.1, -0.05) is 24.3 Å². The van der Waals surface area contributed by atoms with Crippen molar-refractivity contribution in [1.29, 1.82) is 0 Å². The van der Waals surface area contributed by atoms with E-state index in [-0.39, 0.29) is 0 Å². The maximum atomic E-state index is 6.12. The summed E-state index contributed by atoms with van der Waals surface area (Å²) < 4.78 is 18.5. The molecule has 1 atom stereocenters. The van der Waals surface area contributed by atoms with Crippen molar-refractivity contribution in [1.82, 2.24) is 5.32 Å². The van der Waals surface area contributed by atoms with Crippen LogP contribution in [-0.2, 0) is 17.9 Å². The maximum absolute atomic E-state index is 6.12. The molecule has 0 aromatic heterocycles. The third-order valence-electron chi connectivity index (χ3n) is 4.73. The highest BCUT2D eigenvalue weighted by atomic mass is 79.9. The van der Waals surface area contributed by atoms with Crippen LogP contribution >= 0.6 is 15.9 Å². The second kappa shape index (κ2) is 10.1. The number of halogens is 1. The molecule has 27 heavy (non-hydrogen) atoms. The molecule has 0 unspecified atom stereocenters. The normalized spacial score (nSPS) is 16.5. The molecule has 1 heterocycles. The molecule has 1 fully saturated rings. The topological polar surface area (TPSA) is 39.7 Å². The van der Waals surface area contributed by atoms with Crippen molar-refractivity contribution in [3.63, 3.8) is 0 Å². The Bertz CT molecular complexity index is 744. The third-order valence-corrected chi connectivity index (χ3v) is 5.32. The summed E-state index contributed by atoms with van der Waals surface area (Å²) in [4.78, 5) is 0. The van der Waals surface area contributed by atoms with Crippen LogP contribution in [0.2, 0.25) is 0 Å². The van der Waals surface area contributed by atoms with Crippen LogP contribution in [0.3, 0.4) is 0 Å². The highest BCUT2D eigenvalue weighted by Gasteiger charge is 2.16. The van der Waals surface area contributed by atoms with E-state index in [2.05, 4.69) is 52.4 Å². The summed E-state index contributed by atoms with van der Waals surface area (Å²) >= 11 is 3.66. The molecule has 0 aliphatic carbocycles. The Morgan fingerprint density at radius 3 is 2.81 bits per heavy atom. The zero-order valence-electron chi connectivity index (χ0n) is 16.1. The second-order valence-corrected chi connectivity index (χ2v) is 7.67. The zero-order chi connectivity index (χ0) is 19.1. The Hall–Kier alpha value is -1.56. The number of hydrogen-bond acceptors (Lipinski definition) is 4. The van der Waals surface area contributed by atoms with Crippen molar-refractivity contribution in [3.05, 3.63) is 57.6 Å². The Kier molecular flexibility index (Phi) is 7.56. The first-order valence-electron chi connectivity index (χ1n) is 9.62. The Morgan fingerprint density at radius 1 is 1.22 bits per heavy atom. The lowest BCUT2D eigenvalue weighted by atomic mass is 10.1. The Balaban J connectivity index is 1.66. The largest absolute Gasteiger partial charge is 0.490 e. The first kappa shape index (κ1) is 20.2. The van der Waals surface area contributed by atoms with Crippen LogP contribution in [0, 0.1) is 6.92 Å². The van der Waals surface area contributed by atoms with Crippen LogP contribution in [0.4, 0.5) is 0 Å². The summed E-state index contributed by atoms with van der Waals surface area (Å²) in [5.74, 6) is 1.53. The quantitative estimate of drug-likeness (QED) is 0.603. The summed E-state index contributed by atoms with van der Waals surface area (Å²) in [6, 6.07) is 12.4. The summed E-state index contributed by atoms with van der Waals surface area (Å²) in [5.41, 5.74) is 3.56. The average Bonchev–Trinajstić information content (AvgIpc) is 3.16. The molecule has 5 heteroatoms. The SMILES string of the molecule is CCOc1cc(CNC[C@@H]2CCCO2)cc(Br)c1OCc1ccccc1C. The van der Waals surface area contributed by atoms with Crippen LogP contribution in [-0.4, -0.2) is 25.9 Å². The average molecular weight is 434 g/mol. The van der Waals surface area contributed by atoms with E-state index < -0.39 is 0 Å². The number of rotatable bonds is 9. The maximum Gasteiger partial charge on any atom is 0.175 e. The van der Waals surface area contributed by atoms with E-state index in [1.165, 1.54) is 17.5 Å². The molecule has 0 spiro atoms. The van der Waals surface area contributed by atoms with Gasteiger partial charge >= 0.3 is 0 Å². The minimum atomic E-state index is 0.344. The van der Waals surface area contributed by atoms with Crippen molar-refractivity contribution in [3.8, 4) is 11.5 Å². The molecule has 2 aromatic carbocycles. The molecule has 0 bridgehead atoms. The molecule has 0 amide bonds. The first-order chi connectivity index (χ1) is 13.2. The summed E-state index contributed by atoms with van der Waals surface area (Å²) in [7, 11) is 0. The van der Waals surface area contributed by atoms with Gasteiger partial charge in [0, 0.05) is 19.7 Å². The first-order valence-corrected chi connectivity index (χ1v) is 10.4. The number of benzene rings is 2. The van der Waals surface area contributed by atoms with Gasteiger partial charge in [-0.05, 0) is 71.4 Å². The van der Waals surface area contributed by atoms with Gasteiger partial charge in [0.05, 0.1) is 17.2 Å². The van der Waals surface area contributed by atoms with Gasteiger partial charge in [0.2, 0.25) is 0 Å².